The van der Waals surface area contributed by atoms with E-state index in [2.05, 4.69) is 28.0 Å². The predicted molar refractivity (Wildman–Crippen MR) is 112 cm³/mol. The van der Waals surface area contributed by atoms with Crippen molar-refractivity contribution in [1.82, 2.24) is 4.90 Å². The molecule has 0 amide bonds. The summed E-state index contributed by atoms with van der Waals surface area (Å²) < 4.78 is 0. The Morgan fingerprint density at radius 1 is 0.929 bits per heavy atom. The molecular weight excluding hydrogens is 348 g/mol. The van der Waals surface area contributed by atoms with Gasteiger partial charge in [0.2, 0.25) is 0 Å². The first-order chi connectivity index (χ1) is 13.5. The molecule has 2 aliphatic rings. The topological polar surface area (TPSA) is 40.6 Å². The van der Waals surface area contributed by atoms with E-state index in [4.69, 9.17) is 0 Å². The summed E-state index contributed by atoms with van der Waals surface area (Å²) in [6.07, 6.45) is 3.31. The lowest BCUT2D eigenvalue weighted by Crippen LogP contribution is -2.60. The van der Waals surface area contributed by atoms with Crippen LogP contribution in [-0.2, 0) is 16.8 Å². The maximum atomic E-state index is 13.3. The van der Waals surface area contributed by atoms with E-state index in [1.165, 1.54) is 18.4 Å². The van der Waals surface area contributed by atoms with Gasteiger partial charge >= 0.3 is 0 Å². The molecule has 0 spiro atoms. The zero-order chi connectivity index (χ0) is 19.7. The fourth-order valence-electron chi connectivity index (χ4n) is 4.86. The Hall–Kier alpha value is -2.46. The molecule has 1 unspecified atom stereocenters. The average Bonchev–Trinajstić information content (AvgIpc) is 3.21. The number of likely N-dealkylation sites (tertiary alicyclic amines) is 1. The maximum absolute atomic E-state index is 13.3. The van der Waals surface area contributed by atoms with Gasteiger partial charge in [-0.25, -0.2) is 0 Å². The van der Waals surface area contributed by atoms with Gasteiger partial charge in [0.05, 0.1) is 0 Å². The van der Waals surface area contributed by atoms with Gasteiger partial charge in [0, 0.05) is 24.3 Å². The number of anilines is 1. The number of fused-ring (bicyclic) bond motifs is 1. The summed E-state index contributed by atoms with van der Waals surface area (Å²) in [5, 5.41) is 0. The molecule has 2 aromatic carbocycles. The van der Waals surface area contributed by atoms with Crippen LogP contribution in [0.1, 0.15) is 48.2 Å². The summed E-state index contributed by atoms with van der Waals surface area (Å²) in [7, 11) is 0. The highest BCUT2D eigenvalue weighted by atomic mass is 16.1. The van der Waals surface area contributed by atoms with Crippen LogP contribution in [0.25, 0.3) is 0 Å². The molecule has 0 aromatic heterocycles. The van der Waals surface area contributed by atoms with E-state index in [0.717, 1.165) is 37.3 Å². The van der Waals surface area contributed by atoms with E-state index in [0.29, 0.717) is 12.1 Å². The van der Waals surface area contributed by atoms with Gasteiger partial charge in [0.15, 0.2) is 11.6 Å². The first-order valence-corrected chi connectivity index (χ1v) is 10.2. The minimum Gasteiger partial charge on any atom is -0.354 e. The van der Waals surface area contributed by atoms with Gasteiger partial charge in [-0.15, -0.1) is 0 Å². The quantitative estimate of drug-likeness (QED) is 0.744. The molecule has 4 nitrogen and oxygen atoms in total. The number of rotatable bonds is 5. The van der Waals surface area contributed by atoms with E-state index in [1.54, 1.807) is 13.8 Å². The lowest BCUT2D eigenvalue weighted by molar-refractivity contribution is -0.123. The van der Waals surface area contributed by atoms with Gasteiger partial charge in [0.25, 0.3) is 0 Å². The number of hydrogen-bond donors (Lipinski definition) is 0. The zero-order valence-corrected chi connectivity index (χ0v) is 16.8. The molecular formula is C24H28N2O2. The molecule has 28 heavy (non-hydrogen) atoms. The molecule has 2 aliphatic heterocycles. The van der Waals surface area contributed by atoms with Crippen LogP contribution in [0.15, 0.2) is 48.5 Å². The van der Waals surface area contributed by atoms with Crippen molar-refractivity contribution < 1.29 is 9.59 Å². The fourth-order valence-corrected chi connectivity index (χ4v) is 4.86. The van der Waals surface area contributed by atoms with Crippen molar-refractivity contribution in [1.29, 1.82) is 0 Å². The molecule has 2 aromatic rings. The summed E-state index contributed by atoms with van der Waals surface area (Å²) in [6.45, 7) is 6.93. The molecule has 4 rings (SSSR count). The molecule has 146 valence electrons. The third kappa shape index (κ3) is 3.16. The number of Topliss-reactive ketones (excluding diaryl/α,β-unsaturated/α-hetero) is 2. The Bertz CT molecular complexity index is 884. The Kier molecular flexibility index (Phi) is 5.07. The number of hydrogen-bond acceptors (Lipinski definition) is 4. The Balaban J connectivity index is 1.83. The molecule has 0 aliphatic carbocycles. The summed E-state index contributed by atoms with van der Waals surface area (Å²) in [5.74, 6) is 0.243. The molecule has 0 bridgehead atoms. The smallest absolute Gasteiger partial charge is 0.161 e. The number of ketones is 2. The van der Waals surface area contributed by atoms with Crippen LogP contribution < -0.4 is 4.90 Å². The minimum absolute atomic E-state index is 0.0606. The van der Waals surface area contributed by atoms with Crippen LogP contribution in [-0.4, -0.2) is 42.6 Å². The zero-order valence-electron chi connectivity index (χ0n) is 16.8. The number of carbonyl (C=O) groups is 2. The Labute approximate surface area is 167 Å². The van der Waals surface area contributed by atoms with Crippen LogP contribution in [0.4, 0.5) is 5.69 Å². The normalized spacial score (nSPS) is 22.1. The average molecular weight is 377 g/mol. The lowest BCUT2D eigenvalue weighted by atomic mass is 9.77. The highest BCUT2D eigenvalue weighted by Crippen LogP contribution is 2.41. The summed E-state index contributed by atoms with van der Waals surface area (Å²) in [6, 6.07) is 16.1. The SMILES string of the molecule is CC(=O)c1ccc(N2CCc3ccccc3C2(CN2CCCC2)C(C)=O)cc1. The molecule has 0 saturated carbocycles. The number of benzene rings is 2. The summed E-state index contributed by atoms with van der Waals surface area (Å²) in [4.78, 5) is 29.7. The predicted octanol–water partition coefficient (Wildman–Crippen LogP) is 3.83. The monoisotopic (exact) mass is 376 g/mol. The lowest BCUT2D eigenvalue weighted by Gasteiger charge is -2.49. The van der Waals surface area contributed by atoms with Crippen molar-refractivity contribution in [3.8, 4) is 0 Å². The van der Waals surface area contributed by atoms with Gasteiger partial charge in [-0.1, -0.05) is 24.3 Å². The van der Waals surface area contributed by atoms with Crippen molar-refractivity contribution in [2.24, 2.45) is 0 Å². The molecule has 1 saturated heterocycles. The van der Waals surface area contributed by atoms with E-state index >= 15 is 0 Å². The van der Waals surface area contributed by atoms with Crippen molar-refractivity contribution in [2.45, 2.75) is 38.6 Å². The van der Waals surface area contributed by atoms with Gasteiger partial charge < -0.3 is 9.80 Å². The highest BCUT2D eigenvalue weighted by Gasteiger charge is 2.48. The molecule has 0 N–H and O–H groups in total. The molecule has 2 heterocycles. The second-order valence-corrected chi connectivity index (χ2v) is 8.06. The van der Waals surface area contributed by atoms with Crippen LogP contribution >= 0.6 is 0 Å². The Morgan fingerprint density at radius 3 is 2.25 bits per heavy atom. The van der Waals surface area contributed by atoms with E-state index in [1.807, 2.05) is 30.3 Å². The second kappa shape index (κ2) is 7.51. The summed E-state index contributed by atoms with van der Waals surface area (Å²) >= 11 is 0. The van der Waals surface area contributed by atoms with Gasteiger partial charge in [-0.2, -0.15) is 0 Å². The number of carbonyl (C=O) groups excluding carboxylic acids is 2. The third-order valence-corrected chi connectivity index (χ3v) is 6.35. The van der Waals surface area contributed by atoms with E-state index in [9.17, 15) is 9.59 Å². The maximum Gasteiger partial charge on any atom is 0.161 e. The first kappa shape index (κ1) is 18.9. The van der Waals surface area contributed by atoms with Crippen LogP contribution in [0.5, 0.6) is 0 Å². The van der Waals surface area contributed by atoms with E-state index in [-0.39, 0.29) is 11.6 Å². The molecule has 1 fully saturated rings. The standard InChI is InChI=1S/C24H28N2O2/c1-18(27)20-9-11-22(12-10-20)26-16-13-21-7-3-4-8-23(21)24(26,19(2)28)17-25-14-5-6-15-25/h3-4,7-12H,5-6,13-17H2,1-2H3. The van der Waals surface area contributed by atoms with Crippen LogP contribution in [0.2, 0.25) is 0 Å². The van der Waals surface area contributed by atoms with E-state index < -0.39 is 5.54 Å². The van der Waals surface area contributed by atoms with Crippen LogP contribution in [0.3, 0.4) is 0 Å². The van der Waals surface area contributed by atoms with Crippen molar-refractivity contribution >= 4 is 17.3 Å². The first-order valence-electron chi connectivity index (χ1n) is 10.2. The number of nitrogens with zero attached hydrogens (tertiary/aromatic N) is 2. The van der Waals surface area contributed by atoms with Gasteiger partial charge in [-0.05, 0) is 81.6 Å². The van der Waals surface area contributed by atoms with Gasteiger partial charge in [-0.3, -0.25) is 9.59 Å². The highest BCUT2D eigenvalue weighted by molar-refractivity contribution is 5.95. The largest absolute Gasteiger partial charge is 0.354 e. The van der Waals surface area contributed by atoms with Crippen molar-refractivity contribution in [3.63, 3.8) is 0 Å². The fraction of sp³-hybridized carbons (Fsp3) is 0.417. The molecule has 0 radical (unpaired) electrons. The summed E-state index contributed by atoms with van der Waals surface area (Å²) in [5.41, 5.74) is 3.43. The molecule has 4 heteroatoms. The van der Waals surface area contributed by atoms with Crippen molar-refractivity contribution in [3.05, 3.63) is 65.2 Å². The molecule has 1 atom stereocenters. The minimum atomic E-state index is -0.684. The van der Waals surface area contributed by atoms with Crippen LogP contribution in [0, 0.1) is 0 Å². The Morgan fingerprint density at radius 2 is 1.61 bits per heavy atom. The van der Waals surface area contributed by atoms with Gasteiger partial charge in [0.1, 0.15) is 5.54 Å². The second-order valence-electron chi connectivity index (χ2n) is 8.06. The third-order valence-electron chi connectivity index (χ3n) is 6.35. The van der Waals surface area contributed by atoms with Crippen molar-refractivity contribution in [2.75, 3.05) is 31.1 Å².